The molecule has 36 heavy (non-hydrogen) atoms. The van der Waals surface area contributed by atoms with Crippen LogP contribution in [0.1, 0.15) is 49.8 Å². The Hall–Kier alpha value is -3.35. The van der Waals surface area contributed by atoms with Gasteiger partial charge in [-0.2, -0.15) is 5.26 Å². The minimum Gasteiger partial charge on any atom is -0.389 e. The lowest BCUT2D eigenvalue weighted by atomic mass is 9.94. The molecular formula is C27H25F2N5OS. The second-order valence-corrected chi connectivity index (χ2v) is 10.9. The van der Waals surface area contributed by atoms with Gasteiger partial charge in [-0.15, -0.1) is 11.3 Å². The van der Waals surface area contributed by atoms with Crippen molar-refractivity contribution < 1.29 is 13.5 Å². The van der Waals surface area contributed by atoms with E-state index in [2.05, 4.69) is 9.88 Å². The number of hydrogen-bond acceptors (Lipinski definition) is 6. The predicted octanol–water partition coefficient (Wildman–Crippen LogP) is 4.17. The highest BCUT2D eigenvalue weighted by Gasteiger charge is 2.47. The smallest absolute Gasteiger partial charge is 0.159 e. The van der Waals surface area contributed by atoms with Gasteiger partial charge >= 0.3 is 0 Å². The SMILES string of the molecule is C/C=c1\c(F)c(-c2ncc(F)c3sc(N)c(C#N)c23)c2c(\c1=C\N=C(C)N1CCC3(CC3)C1)COC2. The topological polar surface area (TPSA) is 87.5 Å². The molecule has 3 aliphatic rings. The van der Waals surface area contributed by atoms with Crippen LogP contribution < -0.4 is 16.2 Å². The predicted molar refractivity (Wildman–Crippen MR) is 137 cm³/mol. The van der Waals surface area contributed by atoms with Crippen molar-refractivity contribution in [3.05, 3.63) is 45.0 Å². The van der Waals surface area contributed by atoms with Gasteiger partial charge in [0.15, 0.2) is 5.82 Å². The molecule has 6 nitrogen and oxygen atoms in total. The number of nitrogens with zero attached hydrogens (tertiary/aromatic N) is 4. The molecular weight excluding hydrogens is 480 g/mol. The molecule has 0 bridgehead atoms. The molecule has 4 heterocycles. The van der Waals surface area contributed by atoms with Crippen LogP contribution >= 0.6 is 11.3 Å². The van der Waals surface area contributed by atoms with Crippen molar-refractivity contribution in [3.8, 4) is 17.3 Å². The number of nitriles is 1. The van der Waals surface area contributed by atoms with E-state index in [-0.39, 0.29) is 38.5 Å². The number of hydrogen-bond donors (Lipinski definition) is 1. The number of likely N-dealkylation sites (tertiary alicyclic amines) is 1. The van der Waals surface area contributed by atoms with E-state index in [0.717, 1.165) is 42.0 Å². The fourth-order valence-electron chi connectivity index (χ4n) is 5.54. The largest absolute Gasteiger partial charge is 0.389 e. The van der Waals surface area contributed by atoms with Crippen molar-refractivity contribution in [3.63, 3.8) is 0 Å². The molecule has 184 valence electrons. The molecule has 0 radical (unpaired) electrons. The van der Waals surface area contributed by atoms with Gasteiger partial charge in [0.2, 0.25) is 0 Å². The Bertz CT molecular complexity index is 1630. The molecule has 2 fully saturated rings. The number of thiophene rings is 1. The maximum Gasteiger partial charge on any atom is 0.159 e. The molecule has 3 aromatic rings. The molecule has 2 aromatic heterocycles. The maximum absolute atomic E-state index is 16.3. The Morgan fingerprint density at radius 3 is 2.75 bits per heavy atom. The summed E-state index contributed by atoms with van der Waals surface area (Å²) < 4.78 is 36.8. The number of pyridine rings is 1. The molecule has 2 aliphatic heterocycles. The van der Waals surface area contributed by atoms with Gasteiger partial charge in [-0.05, 0) is 49.7 Å². The van der Waals surface area contributed by atoms with Crippen LogP contribution in [0.4, 0.5) is 13.8 Å². The van der Waals surface area contributed by atoms with Gasteiger partial charge in [0, 0.05) is 40.7 Å². The van der Waals surface area contributed by atoms with E-state index in [4.69, 9.17) is 15.5 Å². The van der Waals surface area contributed by atoms with E-state index in [1.807, 2.05) is 13.0 Å². The first-order chi connectivity index (χ1) is 17.4. The summed E-state index contributed by atoms with van der Waals surface area (Å²) in [6.45, 7) is 6.30. The Labute approximate surface area is 211 Å². The number of halogens is 2. The minimum atomic E-state index is -0.591. The Morgan fingerprint density at radius 2 is 2.06 bits per heavy atom. The van der Waals surface area contributed by atoms with Crippen LogP contribution in [-0.4, -0.2) is 28.8 Å². The average Bonchev–Trinajstić information content (AvgIpc) is 3.17. The lowest BCUT2D eigenvalue weighted by molar-refractivity contribution is 0.134. The standard InChI is InChI=1S/C27H25F2N5OS/c1-3-15-17(9-32-14(2)34-7-6-27(13-34)4-5-27)18-11-35-12-19(18)21(23(15)29)24-22-16(8-30)26(31)36-25(22)20(28)10-33-24/h3,9-10H,4-7,11-13,31H2,1-2H3/b15-3-,17-9+,32-14?. The number of aromatic nitrogens is 1. The number of nitrogens with two attached hydrogens (primary N) is 1. The zero-order valence-electron chi connectivity index (χ0n) is 20.1. The summed E-state index contributed by atoms with van der Waals surface area (Å²) >= 11 is 0.969. The normalized spacial score (nSPS) is 19.5. The third kappa shape index (κ3) is 3.43. The van der Waals surface area contributed by atoms with E-state index >= 15 is 4.39 Å². The molecule has 0 atom stereocenters. The number of fused-ring (bicyclic) bond motifs is 2. The second kappa shape index (κ2) is 8.36. The highest BCUT2D eigenvalue weighted by atomic mass is 32.1. The summed E-state index contributed by atoms with van der Waals surface area (Å²) in [5.41, 5.74) is 8.51. The molecule has 2 N–H and O–H groups in total. The lowest BCUT2D eigenvalue weighted by Gasteiger charge is -2.17. The number of nitrogen functional groups attached to an aromatic ring is 1. The molecule has 1 saturated carbocycles. The van der Waals surface area contributed by atoms with E-state index < -0.39 is 11.6 Å². The monoisotopic (exact) mass is 505 g/mol. The molecule has 0 amide bonds. The number of amidine groups is 1. The van der Waals surface area contributed by atoms with Crippen molar-refractivity contribution in [2.75, 3.05) is 18.8 Å². The Kier molecular flexibility index (Phi) is 5.36. The van der Waals surface area contributed by atoms with Gasteiger partial charge in [0.05, 0.1) is 35.4 Å². The van der Waals surface area contributed by atoms with Gasteiger partial charge in [0.1, 0.15) is 22.7 Å². The van der Waals surface area contributed by atoms with Gasteiger partial charge in [-0.25, -0.2) is 13.8 Å². The highest BCUT2D eigenvalue weighted by Crippen LogP contribution is 2.52. The average molecular weight is 506 g/mol. The van der Waals surface area contributed by atoms with Gasteiger partial charge in [-0.1, -0.05) is 6.08 Å². The Morgan fingerprint density at radius 1 is 1.28 bits per heavy atom. The third-order valence-corrected chi connectivity index (χ3v) is 8.82. The van der Waals surface area contributed by atoms with E-state index in [9.17, 15) is 9.65 Å². The second-order valence-electron chi connectivity index (χ2n) is 9.84. The molecule has 1 aromatic carbocycles. The summed E-state index contributed by atoms with van der Waals surface area (Å²) in [4.78, 5) is 11.3. The first kappa shape index (κ1) is 23.1. The van der Waals surface area contributed by atoms with Gasteiger partial charge in [-0.3, -0.25) is 4.98 Å². The van der Waals surface area contributed by atoms with Crippen LogP contribution in [0.3, 0.4) is 0 Å². The summed E-state index contributed by atoms with van der Waals surface area (Å²) in [5, 5.41) is 11.2. The summed E-state index contributed by atoms with van der Waals surface area (Å²) in [5.74, 6) is -0.160. The lowest BCUT2D eigenvalue weighted by Crippen LogP contribution is -2.33. The number of ether oxygens (including phenoxy) is 1. The van der Waals surface area contributed by atoms with Crippen molar-refractivity contribution in [2.24, 2.45) is 10.4 Å². The third-order valence-electron chi connectivity index (χ3n) is 7.80. The zero-order chi connectivity index (χ0) is 25.2. The summed E-state index contributed by atoms with van der Waals surface area (Å²) in [6.07, 6.45) is 8.29. The summed E-state index contributed by atoms with van der Waals surface area (Å²) in [7, 11) is 0. The minimum absolute atomic E-state index is 0.112. The van der Waals surface area contributed by atoms with Crippen LogP contribution in [0.2, 0.25) is 0 Å². The quantitative estimate of drug-likeness (QED) is 0.417. The number of anilines is 1. The van der Waals surface area contributed by atoms with Crippen LogP contribution in [0.25, 0.3) is 33.6 Å². The molecule has 0 unspecified atom stereocenters. The van der Waals surface area contributed by atoms with Gasteiger partial charge in [0.25, 0.3) is 0 Å². The first-order valence-electron chi connectivity index (χ1n) is 12.0. The van der Waals surface area contributed by atoms with Gasteiger partial charge < -0.3 is 15.4 Å². The van der Waals surface area contributed by atoms with Crippen LogP contribution in [0, 0.1) is 28.4 Å². The zero-order valence-corrected chi connectivity index (χ0v) is 20.9. The van der Waals surface area contributed by atoms with Crippen molar-refractivity contribution in [1.82, 2.24) is 9.88 Å². The van der Waals surface area contributed by atoms with E-state index in [1.165, 1.54) is 19.3 Å². The van der Waals surface area contributed by atoms with Crippen molar-refractivity contribution >= 4 is 44.5 Å². The fourth-order valence-corrected chi connectivity index (χ4v) is 6.46. The summed E-state index contributed by atoms with van der Waals surface area (Å²) in [6, 6.07) is 2.04. The first-order valence-corrected chi connectivity index (χ1v) is 12.8. The molecule has 6 rings (SSSR count). The Balaban J connectivity index is 1.57. The van der Waals surface area contributed by atoms with Crippen LogP contribution in [0.15, 0.2) is 11.2 Å². The van der Waals surface area contributed by atoms with Crippen molar-refractivity contribution in [2.45, 2.75) is 46.3 Å². The number of aliphatic imine (C=N–C) groups is 1. The van der Waals surface area contributed by atoms with E-state index in [0.29, 0.717) is 28.0 Å². The number of benzene rings is 1. The molecule has 1 spiro atoms. The number of rotatable bonds is 2. The van der Waals surface area contributed by atoms with Crippen LogP contribution in [-0.2, 0) is 18.0 Å². The van der Waals surface area contributed by atoms with Crippen molar-refractivity contribution in [1.29, 1.82) is 5.26 Å². The maximum atomic E-state index is 16.3. The molecule has 1 saturated heterocycles. The van der Waals surface area contributed by atoms with Crippen LogP contribution in [0.5, 0.6) is 0 Å². The molecule has 9 heteroatoms. The van der Waals surface area contributed by atoms with E-state index in [1.54, 1.807) is 19.2 Å². The molecule has 1 aliphatic carbocycles. The fraction of sp³-hybridized carbons (Fsp3) is 0.370. The highest BCUT2D eigenvalue weighted by molar-refractivity contribution is 7.23.